The Morgan fingerprint density at radius 3 is 2.68 bits per heavy atom. The summed E-state index contributed by atoms with van der Waals surface area (Å²) in [4.78, 5) is 9.79. The van der Waals surface area contributed by atoms with Crippen LogP contribution in [0.25, 0.3) is 10.9 Å². The number of benzene rings is 1. The Balaban J connectivity index is 1.80. The lowest BCUT2D eigenvalue weighted by Crippen LogP contribution is -2.38. The van der Waals surface area contributed by atoms with Crippen LogP contribution in [-0.4, -0.2) is 33.6 Å². The molecule has 0 radical (unpaired) electrons. The average molecular weight is 353 g/mol. The third-order valence-electron chi connectivity index (χ3n) is 4.53. The van der Waals surface area contributed by atoms with Crippen LogP contribution in [0, 0.1) is 13.8 Å². The van der Waals surface area contributed by atoms with E-state index in [2.05, 4.69) is 52.2 Å². The quantitative estimate of drug-likeness (QED) is 0.687. The normalized spacial score (nSPS) is 10.8. The SMILES string of the molecule is CNC(=S)N(CCc1c(C)[nH]c2ccc(C)cc12)Cc1ccncc1. The summed E-state index contributed by atoms with van der Waals surface area (Å²) in [5.41, 5.74) is 6.30. The number of hydrogen-bond donors (Lipinski definition) is 2. The second kappa shape index (κ2) is 7.66. The van der Waals surface area contributed by atoms with Crippen LogP contribution in [0.3, 0.4) is 0 Å². The molecular formula is C20H24N4S. The fourth-order valence-electron chi connectivity index (χ4n) is 3.18. The number of nitrogens with zero attached hydrogens (tertiary/aromatic N) is 2. The first-order valence-corrected chi connectivity index (χ1v) is 8.92. The summed E-state index contributed by atoms with van der Waals surface area (Å²) in [5.74, 6) is 0. The number of rotatable bonds is 5. The fraction of sp³-hybridized carbons (Fsp3) is 0.300. The van der Waals surface area contributed by atoms with Gasteiger partial charge < -0.3 is 15.2 Å². The molecule has 3 rings (SSSR count). The van der Waals surface area contributed by atoms with Gasteiger partial charge in [0.05, 0.1) is 0 Å². The van der Waals surface area contributed by atoms with Crippen molar-refractivity contribution in [3.63, 3.8) is 0 Å². The largest absolute Gasteiger partial charge is 0.366 e. The van der Waals surface area contributed by atoms with Crippen LogP contribution in [0.4, 0.5) is 0 Å². The highest BCUT2D eigenvalue weighted by Gasteiger charge is 2.13. The Labute approximate surface area is 154 Å². The Kier molecular flexibility index (Phi) is 5.34. The summed E-state index contributed by atoms with van der Waals surface area (Å²) < 4.78 is 0. The van der Waals surface area contributed by atoms with Crippen LogP contribution >= 0.6 is 12.2 Å². The number of nitrogens with one attached hydrogen (secondary N) is 2. The first kappa shape index (κ1) is 17.4. The monoisotopic (exact) mass is 352 g/mol. The van der Waals surface area contributed by atoms with Gasteiger partial charge in [-0.1, -0.05) is 11.6 Å². The van der Waals surface area contributed by atoms with E-state index >= 15 is 0 Å². The topological polar surface area (TPSA) is 44.0 Å². The van der Waals surface area contributed by atoms with Gasteiger partial charge >= 0.3 is 0 Å². The zero-order valence-electron chi connectivity index (χ0n) is 15.0. The molecule has 0 aliphatic carbocycles. The number of fused-ring (bicyclic) bond motifs is 1. The van der Waals surface area contributed by atoms with E-state index in [4.69, 9.17) is 12.2 Å². The first-order valence-electron chi connectivity index (χ1n) is 8.52. The molecule has 0 bridgehead atoms. The summed E-state index contributed by atoms with van der Waals surface area (Å²) in [6, 6.07) is 10.6. The molecule has 3 aromatic rings. The number of H-pyrrole nitrogens is 1. The van der Waals surface area contributed by atoms with E-state index in [1.54, 1.807) is 0 Å². The molecule has 5 heteroatoms. The van der Waals surface area contributed by atoms with E-state index < -0.39 is 0 Å². The molecule has 0 saturated carbocycles. The van der Waals surface area contributed by atoms with Gasteiger partial charge in [0.15, 0.2) is 5.11 Å². The van der Waals surface area contributed by atoms with Gasteiger partial charge in [0.25, 0.3) is 0 Å². The van der Waals surface area contributed by atoms with Crippen molar-refractivity contribution in [3.8, 4) is 0 Å². The average Bonchev–Trinajstić information content (AvgIpc) is 2.93. The number of thiocarbonyl (C=S) groups is 1. The molecular weight excluding hydrogens is 328 g/mol. The predicted molar refractivity (Wildman–Crippen MR) is 108 cm³/mol. The minimum atomic E-state index is 0.769. The van der Waals surface area contributed by atoms with E-state index in [0.29, 0.717) is 0 Å². The predicted octanol–water partition coefficient (Wildman–Crippen LogP) is 3.73. The van der Waals surface area contributed by atoms with Crippen molar-refractivity contribution >= 4 is 28.2 Å². The maximum Gasteiger partial charge on any atom is 0.168 e. The highest BCUT2D eigenvalue weighted by molar-refractivity contribution is 7.80. The van der Waals surface area contributed by atoms with Crippen molar-refractivity contribution in [2.45, 2.75) is 26.8 Å². The van der Waals surface area contributed by atoms with Crippen LogP contribution in [-0.2, 0) is 13.0 Å². The fourth-order valence-corrected chi connectivity index (χ4v) is 3.34. The van der Waals surface area contributed by atoms with E-state index in [1.165, 1.54) is 33.3 Å². The van der Waals surface area contributed by atoms with Crippen molar-refractivity contribution in [2.24, 2.45) is 0 Å². The van der Waals surface area contributed by atoms with Crippen LogP contribution in [0.15, 0.2) is 42.7 Å². The van der Waals surface area contributed by atoms with Crippen LogP contribution < -0.4 is 5.32 Å². The van der Waals surface area contributed by atoms with Crippen LogP contribution in [0.1, 0.15) is 22.4 Å². The second-order valence-electron chi connectivity index (χ2n) is 6.36. The molecule has 0 fully saturated rings. The van der Waals surface area contributed by atoms with Gasteiger partial charge in [-0.05, 0) is 67.9 Å². The third-order valence-corrected chi connectivity index (χ3v) is 4.99. The van der Waals surface area contributed by atoms with Crippen LogP contribution in [0.5, 0.6) is 0 Å². The summed E-state index contributed by atoms with van der Waals surface area (Å²) >= 11 is 5.51. The van der Waals surface area contributed by atoms with Gasteiger partial charge in [0.2, 0.25) is 0 Å². The van der Waals surface area contributed by atoms with Crippen molar-refractivity contribution in [2.75, 3.05) is 13.6 Å². The molecule has 25 heavy (non-hydrogen) atoms. The third kappa shape index (κ3) is 3.99. The maximum absolute atomic E-state index is 5.51. The molecule has 0 atom stereocenters. The molecule has 2 N–H and O–H groups in total. The van der Waals surface area contributed by atoms with Crippen molar-refractivity contribution in [1.29, 1.82) is 0 Å². The number of hydrogen-bond acceptors (Lipinski definition) is 2. The molecule has 0 aliphatic rings. The highest BCUT2D eigenvalue weighted by Crippen LogP contribution is 2.24. The van der Waals surface area contributed by atoms with Gasteiger partial charge in [-0.3, -0.25) is 4.98 Å². The van der Waals surface area contributed by atoms with Crippen molar-refractivity contribution < 1.29 is 0 Å². The molecule has 0 unspecified atom stereocenters. The summed E-state index contributed by atoms with van der Waals surface area (Å²) in [6.07, 6.45) is 4.59. The Morgan fingerprint density at radius 1 is 1.20 bits per heavy atom. The zero-order chi connectivity index (χ0) is 17.8. The standard InChI is InChI=1S/C20H24N4S/c1-14-4-5-19-18(12-14)17(15(2)23-19)8-11-24(20(25)21-3)13-16-6-9-22-10-7-16/h4-7,9-10,12,23H,8,11,13H2,1-3H3,(H,21,25). The van der Waals surface area contributed by atoms with Crippen molar-refractivity contribution in [1.82, 2.24) is 20.2 Å². The van der Waals surface area contributed by atoms with E-state index in [-0.39, 0.29) is 0 Å². The summed E-state index contributed by atoms with van der Waals surface area (Å²) in [7, 11) is 1.88. The van der Waals surface area contributed by atoms with Gasteiger partial charge in [0, 0.05) is 49.1 Å². The molecule has 130 valence electrons. The maximum atomic E-state index is 5.51. The molecule has 2 aromatic heterocycles. The van der Waals surface area contributed by atoms with Crippen molar-refractivity contribution in [3.05, 3.63) is 65.1 Å². The zero-order valence-corrected chi connectivity index (χ0v) is 15.8. The first-order chi connectivity index (χ1) is 12.1. The molecule has 0 spiro atoms. The van der Waals surface area contributed by atoms with E-state index in [0.717, 1.165) is 24.6 Å². The van der Waals surface area contributed by atoms with Gasteiger partial charge in [-0.25, -0.2) is 0 Å². The van der Waals surface area contributed by atoms with E-state index in [9.17, 15) is 0 Å². The summed E-state index contributed by atoms with van der Waals surface area (Å²) in [5, 5.41) is 5.20. The molecule has 2 heterocycles. The number of pyridine rings is 1. The smallest absolute Gasteiger partial charge is 0.168 e. The van der Waals surface area contributed by atoms with E-state index in [1.807, 2.05) is 31.6 Å². The minimum Gasteiger partial charge on any atom is -0.366 e. The molecule has 0 amide bonds. The van der Waals surface area contributed by atoms with Crippen LogP contribution in [0.2, 0.25) is 0 Å². The lowest BCUT2D eigenvalue weighted by atomic mass is 10.1. The lowest BCUT2D eigenvalue weighted by Gasteiger charge is -2.25. The molecule has 1 aromatic carbocycles. The molecule has 4 nitrogen and oxygen atoms in total. The highest BCUT2D eigenvalue weighted by atomic mass is 32.1. The van der Waals surface area contributed by atoms with Gasteiger partial charge in [0.1, 0.15) is 0 Å². The number of aromatic nitrogens is 2. The lowest BCUT2D eigenvalue weighted by molar-refractivity contribution is 0.413. The number of aryl methyl sites for hydroxylation is 2. The van der Waals surface area contributed by atoms with Gasteiger partial charge in [-0.15, -0.1) is 0 Å². The Bertz CT molecular complexity index is 870. The molecule has 0 aliphatic heterocycles. The van der Waals surface area contributed by atoms with Gasteiger partial charge in [-0.2, -0.15) is 0 Å². The minimum absolute atomic E-state index is 0.769. The summed E-state index contributed by atoms with van der Waals surface area (Å²) in [6.45, 7) is 5.93. The molecule has 0 saturated heterocycles. The Hall–Kier alpha value is -2.40. The number of aromatic amines is 1. The second-order valence-corrected chi connectivity index (χ2v) is 6.75. The Morgan fingerprint density at radius 2 is 1.96 bits per heavy atom.